The molecule has 3 nitrogen and oxygen atoms in total. The molecule has 1 aromatic carbocycles. The number of likely N-dealkylation sites (N-methyl/N-ethyl adjacent to an activating group) is 1. The fraction of sp³-hybridized carbons (Fsp3) is 0.429. The Balaban J connectivity index is 2.37. The number of alkyl halides is 1. The molecule has 1 aliphatic rings. The van der Waals surface area contributed by atoms with Gasteiger partial charge >= 0.3 is 0 Å². The van der Waals surface area contributed by atoms with Gasteiger partial charge in [0.2, 0.25) is 5.91 Å². The summed E-state index contributed by atoms with van der Waals surface area (Å²) in [5.74, 6) is -0.389. The van der Waals surface area contributed by atoms with E-state index in [0.717, 1.165) is 24.0 Å². The Morgan fingerprint density at radius 2 is 2.11 bits per heavy atom. The number of halogens is 1. The van der Waals surface area contributed by atoms with Crippen LogP contribution in [0.25, 0.3) is 0 Å². The first-order chi connectivity index (χ1) is 8.54. The number of amides is 2. The third-order valence-electron chi connectivity index (χ3n) is 3.29. The zero-order chi connectivity index (χ0) is 13.3. The third-order valence-corrected chi connectivity index (χ3v) is 3.76. The van der Waals surface area contributed by atoms with E-state index in [-0.39, 0.29) is 17.2 Å². The van der Waals surface area contributed by atoms with Crippen molar-refractivity contribution >= 4 is 23.4 Å². The predicted octanol–water partition coefficient (Wildman–Crippen LogP) is 2.92. The van der Waals surface area contributed by atoms with Gasteiger partial charge in [0.15, 0.2) is 0 Å². The molecular formula is C14H16ClNO2. The van der Waals surface area contributed by atoms with Gasteiger partial charge in [0.25, 0.3) is 5.91 Å². The summed E-state index contributed by atoms with van der Waals surface area (Å²) in [4.78, 5) is 24.8. The van der Waals surface area contributed by atoms with Crippen molar-refractivity contribution in [2.24, 2.45) is 0 Å². The second kappa shape index (κ2) is 5.11. The van der Waals surface area contributed by atoms with Crippen molar-refractivity contribution in [2.45, 2.75) is 31.6 Å². The van der Waals surface area contributed by atoms with Crippen molar-refractivity contribution in [3.05, 3.63) is 34.9 Å². The van der Waals surface area contributed by atoms with Crippen molar-refractivity contribution in [3.63, 3.8) is 0 Å². The molecule has 96 valence electrons. The highest BCUT2D eigenvalue weighted by atomic mass is 35.5. The summed E-state index contributed by atoms with van der Waals surface area (Å²) in [6.45, 7) is 2.07. The zero-order valence-corrected chi connectivity index (χ0v) is 11.3. The standard InChI is InChI=1S/C14H16ClNO2/c1-3-4-12(15)10-6-5-9-8-13(17)16(2)14(18)11(9)7-10/h5-7,12H,3-4,8H2,1-2H3. The Morgan fingerprint density at radius 1 is 1.39 bits per heavy atom. The SMILES string of the molecule is CCCC(Cl)c1ccc2c(c1)C(=O)N(C)C(=O)C2. The van der Waals surface area contributed by atoms with Crippen LogP contribution in [0.4, 0.5) is 0 Å². The first kappa shape index (κ1) is 13.1. The van der Waals surface area contributed by atoms with E-state index in [1.807, 2.05) is 18.2 Å². The van der Waals surface area contributed by atoms with E-state index in [1.54, 1.807) is 0 Å². The largest absolute Gasteiger partial charge is 0.281 e. The van der Waals surface area contributed by atoms with E-state index in [9.17, 15) is 9.59 Å². The number of hydrogen-bond donors (Lipinski definition) is 0. The van der Waals surface area contributed by atoms with Crippen LogP contribution in [-0.2, 0) is 11.2 Å². The predicted molar refractivity (Wildman–Crippen MR) is 70.7 cm³/mol. The summed E-state index contributed by atoms with van der Waals surface area (Å²) in [7, 11) is 1.52. The minimum absolute atomic E-state index is 0.0731. The smallest absolute Gasteiger partial charge is 0.260 e. The maximum atomic E-state index is 12.0. The van der Waals surface area contributed by atoms with Crippen molar-refractivity contribution in [1.82, 2.24) is 4.90 Å². The van der Waals surface area contributed by atoms with Crippen LogP contribution < -0.4 is 0 Å². The van der Waals surface area contributed by atoms with E-state index < -0.39 is 0 Å². The molecule has 2 rings (SSSR count). The molecule has 4 heteroatoms. The van der Waals surface area contributed by atoms with Crippen LogP contribution in [-0.4, -0.2) is 23.8 Å². The summed E-state index contributed by atoms with van der Waals surface area (Å²) in [5.41, 5.74) is 2.36. The Morgan fingerprint density at radius 3 is 2.78 bits per heavy atom. The first-order valence-corrected chi connectivity index (χ1v) is 6.56. The number of imide groups is 1. The van der Waals surface area contributed by atoms with Crippen molar-refractivity contribution in [3.8, 4) is 0 Å². The summed E-state index contributed by atoms with van der Waals surface area (Å²) in [5, 5.41) is -0.0731. The lowest BCUT2D eigenvalue weighted by molar-refractivity contribution is -0.127. The Kier molecular flexibility index (Phi) is 3.71. The Bertz CT molecular complexity index is 499. The van der Waals surface area contributed by atoms with E-state index >= 15 is 0 Å². The van der Waals surface area contributed by atoms with Crippen molar-refractivity contribution in [2.75, 3.05) is 7.05 Å². The van der Waals surface area contributed by atoms with Gasteiger partial charge in [-0.05, 0) is 23.6 Å². The van der Waals surface area contributed by atoms with Gasteiger partial charge in [-0.1, -0.05) is 25.5 Å². The molecule has 0 spiro atoms. The summed E-state index contributed by atoms with van der Waals surface area (Å²) >= 11 is 6.27. The molecule has 0 fully saturated rings. The molecule has 0 bridgehead atoms. The normalized spacial score (nSPS) is 16.7. The highest BCUT2D eigenvalue weighted by Gasteiger charge is 2.28. The maximum absolute atomic E-state index is 12.0. The second-order valence-corrected chi connectivity index (χ2v) is 5.13. The monoisotopic (exact) mass is 265 g/mol. The number of benzene rings is 1. The lowest BCUT2D eigenvalue weighted by Crippen LogP contribution is -2.39. The molecule has 0 N–H and O–H groups in total. The molecule has 0 saturated heterocycles. The number of hydrogen-bond acceptors (Lipinski definition) is 2. The summed E-state index contributed by atoms with van der Waals surface area (Å²) in [6, 6.07) is 5.59. The molecule has 1 aromatic rings. The third kappa shape index (κ3) is 2.27. The van der Waals surface area contributed by atoms with Crippen LogP contribution in [0.3, 0.4) is 0 Å². The number of carbonyl (C=O) groups is 2. The van der Waals surface area contributed by atoms with Crippen LogP contribution >= 0.6 is 11.6 Å². The minimum atomic E-state index is -0.233. The molecule has 1 aliphatic heterocycles. The van der Waals surface area contributed by atoms with Gasteiger partial charge in [0.1, 0.15) is 0 Å². The van der Waals surface area contributed by atoms with Crippen molar-refractivity contribution < 1.29 is 9.59 Å². The quantitative estimate of drug-likeness (QED) is 0.622. The van der Waals surface area contributed by atoms with Crippen LogP contribution in [0, 0.1) is 0 Å². The van der Waals surface area contributed by atoms with E-state index in [2.05, 4.69) is 6.92 Å². The zero-order valence-electron chi connectivity index (χ0n) is 10.6. The lowest BCUT2D eigenvalue weighted by atomic mass is 9.95. The fourth-order valence-corrected chi connectivity index (χ4v) is 2.49. The van der Waals surface area contributed by atoms with Gasteiger partial charge in [-0.15, -0.1) is 11.6 Å². The van der Waals surface area contributed by atoms with Crippen LogP contribution in [0.1, 0.15) is 46.6 Å². The topological polar surface area (TPSA) is 37.4 Å². The second-order valence-electron chi connectivity index (χ2n) is 4.61. The number of carbonyl (C=O) groups excluding carboxylic acids is 2. The number of nitrogens with zero attached hydrogens (tertiary/aromatic N) is 1. The van der Waals surface area contributed by atoms with Gasteiger partial charge in [-0.3, -0.25) is 14.5 Å². The van der Waals surface area contributed by atoms with Gasteiger partial charge in [0, 0.05) is 12.6 Å². The average molecular weight is 266 g/mol. The van der Waals surface area contributed by atoms with Crippen LogP contribution in [0.5, 0.6) is 0 Å². The lowest BCUT2D eigenvalue weighted by Gasteiger charge is -2.24. The molecule has 18 heavy (non-hydrogen) atoms. The van der Waals surface area contributed by atoms with E-state index in [4.69, 9.17) is 11.6 Å². The molecule has 1 atom stereocenters. The van der Waals surface area contributed by atoms with E-state index in [1.165, 1.54) is 11.9 Å². The molecular weight excluding hydrogens is 250 g/mol. The van der Waals surface area contributed by atoms with Gasteiger partial charge < -0.3 is 0 Å². The van der Waals surface area contributed by atoms with Crippen LogP contribution in [0.2, 0.25) is 0 Å². The molecule has 0 radical (unpaired) electrons. The first-order valence-electron chi connectivity index (χ1n) is 6.12. The average Bonchev–Trinajstić information content (AvgIpc) is 2.36. The molecule has 1 unspecified atom stereocenters. The highest BCUT2D eigenvalue weighted by molar-refractivity contribution is 6.21. The molecule has 0 saturated carbocycles. The molecule has 0 aliphatic carbocycles. The summed E-state index contributed by atoms with van der Waals surface area (Å²) in [6.07, 6.45) is 2.17. The van der Waals surface area contributed by atoms with Gasteiger partial charge in [0.05, 0.1) is 11.8 Å². The number of fused-ring (bicyclic) bond motifs is 1. The Hall–Kier alpha value is -1.35. The Labute approximate surface area is 112 Å². The highest BCUT2D eigenvalue weighted by Crippen LogP contribution is 2.29. The molecule has 1 heterocycles. The van der Waals surface area contributed by atoms with Crippen molar-refractivity contribution in [1.29, 1.82) is 0 Å². The molecule has 0 aromatic heterocycles. The minimum Gasteiger partial charge on any atom is -0.281 e. The van der Waals surface area contributed by atoms with Gasteiger partial charge in [-0.2, -0.15) is 0 Å². The maximum Gasteiger partial charge on any atom is 0.260 e. The van der Waals surface area contributed by atoms with E-state index in [0.29, 0.717) is 12.0 Å². The fourth-order valence-electron chi connectivity index (χ4n) is 2.14. The summed E-state index contributed by atoms with van der Waals surface area (Å²) < 4.78 is 0. The van der Waals surface area contributed by atoms with Crippen LogP contribution in [0.15, 0.2) is 18.2 Å². The number of rotatable bonds is 3. The molecule has 2 amide bonds. The van der Waals surface area contributed by atoms with Gasteiger partial charge in [-0.25, -0.2) is 0 Å².